The number of carbonyl (C=O) groups is 2. The van der Waals surface area contributed by atoms with Gasteiger partial charge >= 0.3 is 5.97 Å². The number of nitrogens with one attached hydrogen (secondary N) is 2. The number of ether oxygens (including phenoxy) is 1. The first-order chi connectivity index (χ1) is 11.5. The Morgan fingerprint density at radius 1 is 1.38 bits per heavy atom. The molecule has 0 aromatic rings. The summed E-state index contributed by atoms with van der Waals surface area (Å²) in [4.78, 5) is 30.1. The Hall–Kier alpha value is -1.79. The molecule has 7 heteroatoms. The number of esters is 1. The number of carbonyl (C=O) groups excluding carboxylic acids is 2. The number of likely N-dealkylation sites (tertiary alicyclic amines) is 1. The van der Waals surface area contributed by atoms with E-state index in [1.54, 1.807) is 7.05 Å². The highest BCUT2D eigenvalue weighted by molar-refractivity contribution is 5.82. The van der Waals surface area contributed by atoms with Gasteiger partial charge < -0.3 is 20.3 Å². The van der Waals surface area contributed by atoms with Crippen LogP contribution in [0.4, 0.5) is 0 Å². The van der Waals surface area contributed by atoms with Gasteiger partial charge in [0.25, 0.3) is 0 Å². The summed E-state index contributed by atoms with van der Waals surface area (Å²) in [6, 6.07) is 0.198. The molecule has 0 spiro atoms. The number of guanidine groups is 1. The lowest BCUT2D eigenvalue weighted by molar-refractivity contribution is -0.149. The molecule has 0 aromatic heterocycles. The van der Waals surface area contributed by atoms with Gasteiger partial charge in [-0.05, 0) is 33.1 Å². The van der Waals surface area contributed by atoms with E-state index in [1.807, 2.05) is 20.8 Å². The Balaban J connectivity index is 2.43. The summed E-state index contributed by atoms with van der Waals surface area (Å²) in [5.74, 6) is 0.534. The van der Waals surface area contributed by atoms with Crippen molar-refractivity contribution in [3.05, 3.63) is 0 Å². The van der Waals surface area contributed by atoms with Crippen molar-refractivity contribution in [1.29, 1.82) is 0 Å². The first kappa shape index (κ1) is 20.3. The maximum atomic E-state index is 11.9. The number of hydrogen-bond acceptors (Lipinski definition) is 4. The van der Waals surface area contributed by atoms with Crippen LogP contribution < -0.4 is 10.6 Å². The van der Waals surface area contributed by atoms with Crippen LogP contribution in [0.3, 0.4) is 0 Å². The van der Waals surface area contributed by atoms with Crippen LogP contribution in [0, 0.1) is 5.92 Å². The number of hydrogen-bond donors (Lipinski definition) is 2. The zero-order valence-corrected chi connectivity index (χ0v) is 15.4. The molecule has 2 unspecified atom stereocenters. The van der Waals surface area contributed by atoms with Gasteiger partial charge in [0.15, 0.2) is 5.96 Å². The van der Waals surface area contributed by atoms with Crippen LogP contribution in [0.15, 0.2) is 4.99 Å². The average molecular weight is 340 g/mol. The fourth-order valence-corrected chi connectivity index (χ4v) is 2.69. The van der Waals surface area contributed by atoms with Gasteiger partial charge in [-0.3, -0.25) is 14.6 Å². The molecule has 1 saturated heterocycles. The summed E-state index contributed by atoms with van der Waals surface area (Å²) >= 11 is 0. The predicted octanol–water partition coefficient (Wildman–Crippen LogP) is 1.14. The lowest BCUT2D eigenvalue weighted by Crippen LogP contribution is -2.49. The molecule has 1 aliphatic rings. The minimum atomic E-state index is -0.134. The third-order valence-corrected chi connectivity index (χ3v) is 4.21. The molecular formula is C17H32N4O3. The smallest absolute Gasteiger partial charge is 0.310 e. The highest BCUT2D eigenvalue weighted by atomic mass is 16.5. The van der Waals surface area contributed by atoms with E-state index in [0.29, 0.717) is 26.1 Å². The summed E-state index contributed by atoms with van der Waals surface area (Å²) < 4.78 is 5.12. The van der Waals surface area contributed by atoms with Crippen LogP contribution in [-0.2, 0) is 14.3 Å². The van der Waals surface area contributed by atoms with E-state index < -0.39 is 0 Å². The Bertz CT molecular complexity index is 440. The molecule has 7 nitrogen and oxygen atoms in total. The van der Waals surface area contributed by atoms with Crippen LogP contribution in [0.5, 0.6) is 0 Å². The lowest BCUT2D eigenvalue weighted by atomic mass is 9.98. The summed E-state index contributed by atoms with van der Waals surface area (Å²) in [5, 5.41) is 6.16. The standard InChI is InChI=1S/C17H32N4O3/c1-5-13(3)20-15(22)9-10-19-17(18-4)21-11-7-8-14(12-21)16(23)24-6-2/h13-14H,5-12H2,1-4H3,(H,18,19)(H,20,22). The molecule has 2 N–H and O–H groups in total. The van der Waals surface area contributed by atoms with Crippen molar-refractivity contribution in [3.63, 3.8) is 0 Å². The SMILES string of the molecule is CCOC(=O)C1CCCN(C(=NC)NCCC(=O)NC(C)CC)C1. The normalized spacial score (nSPS) is 19.6. The first-order valence-corrected chi connectivity index (χ1v) is 8.93. The van der Waals surface area contributed by atoms with Crippen LogP contribution in [0.1, 0.15) is 46.5 Å². The van der Waals surface area contributed by atoms with Crippen molar-refractivity contribution in [2.24, 2.45) is 10.9 Å². The molecule has 0 saturated carbocycles. The Kier molecular flexibility index (Phi) is 9.19. The van der Waals surface area contributed by atoms with Gasteiger partial charge in [0.1, 0.15) is 0 Å². The van der Waals surface area contributed by atoms with Gasteiger partial charge in [-0.2, -0.15) is 0 Å². The second-order valence-corrected chi connectivity index (χ2v) is 6.14. The monoisotopic (exact) mass is 340 g/mol. The second-order valence-electron chi connectivity index (χ2n) is 6.14. The molecule has 0 aliphatic carbocycles. The highest BCUT2D eigenvalue weighted by Gasteiger charge is 2.28. The van der Waals surface area contributed by atoms with E-state index in [-0.39, 0.29) is 23.8 Å². The summed E-state index contributed by atoms with van der Waals surface area (Å²) in [7, 11) is 1.72. The maximum Gasteiger partial charge on any atom is 0.310 e. The third-order valence-electron chi connectivity index (χ3n) is 4.21. The van der Waals surface area contributed by atoms with E-state index in [9.17, 15) is 9.59 Å². The van der Waals surface area contributed by atoms with E-state index in [2.05, 4.69) is 20.5 Å². The molecule has 1 heterocycles. The fraction of sp³-hybridized carbons (Fsp3) is 0.824. The Morgan fingerprint density at radius 3 is 2.75 bits per heavy atom. The molecule has 138 valence electrons. The van der Waals surface area contributed by atoms with Gasteiger partial charge in [0.05, 0.1) is 12.5 Å². The Morgan fingerprint density at radius 2 is 2.12 bits per heavy atom. The van der Waals surface area contributed by atoms with Crippen molar-refractivity contribution in [3.8, 4) is 0 Å². The Labute approximate surface area is 145 Å². The minimum Gasteiger partial charge on any atom is -0.466 e. The molecule has 1 fully saturated rings. The van der Waals surface area contributed by atoms with Gasteiger partial charge in [-0.25, -0.2) is 0 Å². The van der Waals surface area contributed by atoms with E-state index in [4.69, 9.17) is 4.74 Å². The number of nitrogens with zero attached hydrogens (tertiary/aromatic N) is 2. The second kappa shape index (κ2) is 10.9. The van der Waals surface area contributed by atoms with Crippen molar-refractivity contribution in [1.82, 2.24) is 15.5 Å². The van der Waals surface area contributed by atoms with Crippen LogP contribution in [0.2, 0.25) is 0 Å². The van der Waals surface area contributed by atoms with Gasteiger partial charge in [-0.1, -0.05) is 6.92 Å². The molecule has 0 bridgehead atoms. The summed E-state index contributed by atoms with van der Waals surface area (Å²) in [5.41, 5.74) is 0. The molecule has 1 amide bonds. The third kappa shape index (κ3) is 6.76. The summed E-state index contributed by atoms with van der Waals surface area (Å²) in [6.07, 6.45) is 3.10. The van der Waals surface area contributed by atoms with Crippen molar-refractivity contribution in [2.45, 2.75) is 52.5 Å². The molecule has 1 rings (SSSR count). The zero-order chi connectivity index (χ0) is 17.9. The van der Waals surface area contributed by atoms with Crippen LogP contribution >= 0.6 is 0 Å². The predicted molar refractivity (Wildman–Crippen MR) is 94.8 cm³/mol. The topological polar surface area (TPSA) is 83.0 Å². The lowest BCUT2D eigenvalue weighted by Gasteiger charge is -2.33. The van der Waals surface area contributed by atoms with Crippen molar-refractivity contribution < 1.29 is 14.3 Å². The largest absolute Gasteiger partial charge is 0.466 e. The zero-order valence-electron chi connectivity index (χ0n) is 15.4. The van der Waals surface area contributed by atoms with E-state index >= 15 is 0 Å². The highest BCUT2D eigenvalue weighted by Crippen LogP contribution is 2.18. The molecule has 1 aliphatic heterocycles. The molecular weight excluding hydrogens is 308 g/mol. The quantitative estimate of drug-likeness (QED) is 0.413. The van der Waals surface area contributed by atoms with E-state index in [1.165, 1.54) is 0 Å². The first-order valence-electron chi connectivity index (χ1n) is 8.93. The van der Waals surface area contributed by atoms with Crippen LogP contribution in [-0.4, -0.2) is 62.1 Å². The summed E-state index contributed by atoms with van der Waals surface area (Å²) in [6.45, 7) is 8.26. The number of rotatable bonds is 7. The van der Waals surface area contributed by atoms with Crippen molar-refractivity contribution >= 4 is 17.8 Å². The fourth-order valence-electron chi connectivity index (χ4n) is 2.69. The number of aliphatic imine (C=N–C) groups is 1. The number of amides is 1. The van der Waals surface area contributed by atoms with E-state index in [0.717, 1.165) is 31.8 Å². The molecule has 0 radical (unpaired) electrons. The number of piperidine rings is 1. The van der Waals surface area contributed by atoms with Gasteiger partial charge in [0, 0.05) is 39.1 Å². The van der Waals surface area contributed by atoms with Crippen molar-refractivity contribution in [2.75, 3.05) is 33.3 Å². The average Bonchev–Trinajstić information content (AvgIpc) is 2.59. The van der Waals surface area contributed by atoms with Crippen LogP contribution in [0.25, 0.3) is 0 Å². The maximum absolute atomic E-state index is 11.9. The minimum absolute atomic E-state index is 0.0374. The molecule has 24 heavy (non-hydrogen) atoms. The molecule has 0 aromatic carbocycles. The molecule has 2 atom stereocenters. The van der Waals surface area contributed by atoms with Gasteiger partial charge in [0.2, 0.25) is 5.91 Å². The van der Waals surface area contributed by atoms with Gasteiger partial charge in [-0.15, -0.1) is 0 Å².